The second-order valence-electron chi connectivity index (χ2n) is 5.22. The number of benzene rings is 2. The lowest BCUT2D eigenvalue weighted by molar-refractivity contribution is -0.119. The highest BCUT2D eigenvalue weighted by Crippen LogP contribution is 2.25. The summed E-state index contributed by atoms with van der Waals surface area (Å²) in [6, 6.07) is 11.3. The lowest BCUT2D eigenvalue weighted by Crippen LogP contribution is -2.20. The average Bonchev–Trinajstić information content (AvgIpc) is 3.09. The van der Waals surface area contributed by atoms with Gasteiger partial charge in [-0.3, -0.25) is 10.1 Å². The number of phenolic OH excluding ortho intramolecular Hbond substituents is 1. The van der Waals surface area contributed by atoms with Crippen molar-refractivity contribution in [1.29, 1.82) is 0 Å². The lowest BCUT2D eigenvalue weighted by Gasteiger charge is -2.04. The molecule has 26 heavy (non-hydrogen) atoms. The highest BCUT2D eigenvalue weighted by molar-refractivity contribution is 7.14. The molecule has 1 heterocycles. The summed E-state index contributed by atoms with van der Waals surface area (Å²) in [7, 11) is 0. The van der Waals surface area contributed by atoms with Gasteiger partial charge in [-0.25, -0.2) is 14.2 Å². The van der Waals surface area contributed by atoms with E-state index in [1.165, 1.54) is 47.7 Å². The number of amides is 1. The summed E-state index contributed by atoms with van der Waals surface area (Å²) >= 11 is 1.20. The van der Waals surface area contributed by atoms with E-state index in [1.54, 1.807) is 17.5 Å². The van der Waals surface area contributed by atoms with E-state index >= 15 is 0 Å². The van der Waals surface area contributed by atoms with Crippen molar-refractivity contribution >= 4 is 28.3 Å². The van der Waals surface area contributed by atoms with Gasteiger partial charge in [0.25, 0.3) is 5.91 Å². The van der Waals surface area contributed by atoms with Crippen molar-refractivity contribution in [3.63, 3.8) is 0 Å². The molecule has 0 saturated heterocycles. The molecule has 1 aromatic heterocycles. The van der Waals surface area contributed by atoms with Gasteiger partial charge in [0.2, 0.25) is 0 Å². The number of ether oxygens (including phenoxy) is 1. The molecular weight excluding hydrogens is 359 g/mol. The number of rotatable bonds is 5. The number of hydrogen-bond acceptors (Lipinski definition) is 6. The van der Waals surface area contributed by atoms with Crippen LogP contribution < -0.4 is 5.32 Å². The number of phenols is 1. The Morgan fingerprint density at radius 1 is 1.12 bits per heavy atom. The van der Waals surface area contributed by atoms with E-state index in [9.17, 15) is 19.1 Å². The second kappa shape index (κ2) is 7.75. The van der Waals surface area contributed by atoms with Gasteiger partial charge in [-0.05, 0) is 48.5 Å². The maximum Gasteiger partial charge on any atom is 0.338 e. The predicted octanol–water partition coefficient (Wildman–Crippen LogP) is 3.45. The first-order valence-corrected chi connectivity index (χ1v) is 8.37. The van der Waals surface area contributed by atoms with Crippen LogP contribution in [0, 0.1) is 5.82 Å². The molecule has 0 atom stereocenters. The van der Waals surface area contributed by atoms with Gasteiger partial charge in [0.15, 0.2) is 11.7 Å². The van der Waals surface area contributed by atoms with E-state index in [0.29, 0.717) is 10.8 Å². The normalized spacial score (nSPS) is 10.3. The topological polar surface area (TPSA) is 88.5 Å². The fraction of sp³-hybridized carbons (Fsp3) is 0.0556. The maximum atomic E-state index is 12.9. The number of aromatic hydroxyl groups is 1. The number of thiazole rings is 1. The van der Waals surface area contributed by atoms with E-state index in [1.807, 2.05) is 0 Å². The molecule has 3 rings (SSSR count). The molecule has 3 aromatic rings. The van der Waals surface area contributed by atoms with Gasteiger partial charge in [-0.2, -0.15) is 0 Å². The van der Waals surface area contributed by atoms with E-state index < -0.39 is 18.5 Å². The van der Waals surface area contributed by atoms with E-state index in [-0.39, 0.29) is 17.1 Å². The SMILES string of the molecule is O=C(COC(=O)c1ccc(O)cc1)Nc1nc(-c2ccc(F)cc2)cs1. The minimum absolute atomic E-state index is 0.0278. The van der Waals surface area contributed by atoms with Gasteiger partial charge in [-0.15, -0.1) is 11.3 Å². The lowest BCUT2D eigenvalue weighted by atomic mass is 10.2. The van der Waals surface area contributed by atoms with Crippen LogP contribution in [0.3, 0.4) is 0 Å². The number of carbonyl (C=O) groups excluding carboxylic acids is 2. The molecule has 8 heteroatoms. The first kappa shape index (κ1) is 17.6. The zero-order valence-corrected chi connectivity index (χ0v) is 14.1. The Bertz CT molecular complexity index is 923. The third-order valence-electron chi connectivity index (χ3n) is 3.33. The van der Waals surface area contributed by atoms with Crippen LogP contribution in [0.25, 0.3) is 11.3 Å². The Balaban J connectivity index is 1.54. The molecule has 0 aliphatic carbocycles. The van der Waals surface area contributed by atoms with Crippen molar-refractivity contribution in [2.45, 2.75) is 0 Å². The number of esters is 1. The van der Waals surface area contributed by atoms with Crippen LogP contribution >= 0.6 is 11.3 Å². The fourth-order valence-electron chi connectivity index (χ4n) is 2.05. The Labute approximate surface area is 151 Å². The van der Waals surface area contributed by atoms with Crippen LogP contribution in [0.1, 0.15) is 10.4 Å². The fourth-order valence-corrected chi connectivity index (χ4v) is 2.79. The van der Waals surface area contributed by atoms with Gasteiger partial charge in [-0.1, -0.05) is 0 Å². The zero-order chi connectivity index (χ0) is 18.5. The van der Waals surface area contributed by atoms with Gasteiger partial charge in [0.1, 0.15) is 11.6 Å². The average molecular weight is 372 g/mol. The standard InChI is InChI=1S/C18H13FN2O4S/c19-13-5-1-11(2-6-13)15-10-26-18(20-15)21-16(23)9-25-17(24)12-3-7-14(22)8-4-12/h1-8,10,22H,9H2,(H,20,21,23). The van der Waals surface area contributed by atoms with Crippen molar-refractivity contribution in [1.82, 2.24) is 4.98 Å². The number of carbonyl (C=O) groups is 2. The van der Waals surface area contributed by atoms with Gasteiger partial charge in [0.05, 0.1) is 11.3 Å². The zero-order valence-electron chi connectivity index (χ0n) is 13.3. The van der Waals surface area contributed by atoms with E-state index in [4.69, 9.17) is 4.74 Å². The molecule has 0 aliphatic heterocycles. The predicted molar refractivity (Wildman–Crippen MR) is 94.5 cm³/mol. The number of halogens is 1. The Hall–Kier alpha value is -3.26. The van der Waals surface area contributed by atoms with Crippen LogP contribution in [0.4, 0.5) is 9.52 Å². The number of nitrogens with zero attached hydrogens (tertiary/aromatic N) is 1. The number of anilines is 1. The molecule has 0 unspecified atom stereocenters. The van der Waals surface area contributed by atoms with Crippen molar-refractivity contribution in [3.8, 4) is 17.0 Å². The molecule has 2 aromatic carbocycles. The van der Waals surface area contributed by atoms with Crippen LogP contribution in [0.2, 0.25) is 0 Å². The van der Waals surface area contributed by atoms with Crippen molar-refractivity contribution in [2.24, 2.45) is 0 Å². The molecule has 132 valence electrons. The van der Waals surface area contributed by atoms with E-state index in [0.717, 1.165) is 5.56 Å². The van der Waals surface area contributed by atoms with Gasteiger partial charge in [0, 0.05) is 10.9 Å². The quantitative estimate of drug-likeness (QED) is 0.670. The number of hydrogen-bond donors (Lipinski definition) is 2. The first-order chi connectivity index (χ1) is 12.5. The molecular formula is C18H13FN2O4S. The Morgan fingerprint density at radius 2 is 1.81 bits per heavy atom. The van der Waals surface area contributed by atoms with Crippen LogP contribution in [0.5, 0.6) is 5.75 Å². The van der Waals surface area contributed by atoms with Crippen LogP contribution in [0.15, 0.2) is 53.9 Å². The number of nitrogens with one attached hydrogen (secondary N) is 1. The summed E-state index contributed by atoms with van der Waals surface area (Å²) in [6.45, 7) is -0.467. The first-order valence-electron chi connectivity index (χ1n) is 7.49. The highest BCUT2D eigenvalue weighted by Gasteiger charge is 2.12. The van der Waals surface area contributed by atoms with Gasteiger partial charge < -0.3 is 9.84 Å². The Morgan fingerprint density at radius 3 is 2.50 bits per heavy atom. The summed E-state index contributed by atoms with van der Waals surface area (Å²) in [5, 5.41) is 13.8. The summed E-state index contributed by atoms with van der Waals surface area (Å²) in [4.78, 5) is 27.9. The highest BCUT2D eigenvalue weighted by atomic mass is 32.1. The molecule has 0 fully saturated rings. The molecule has 2 N–H and O–H groups in total. The monoisotopic (exact) mass is 372 g/mol. The van der Waals surface area contributed by atoms with Crippen LogP contribution in [-0.2, 0) is 9.53 Å². The molecule has 0 spiro atoms. The molecule has 1 amide bonds. The second-order valence-corrected chi connectivity index (χ2v) is 6.07. The summed E-state index contributed by atoms with van der Waals surface area (Å²) in [6.07, 6.45) is 0. The molecule has 0 saturated carbocycles. The smallest absolute Gasteiger partial charge is 0.338 e. The maximum absolute atomic E-state index is 12.9. The van der Waals surface area contributed by atoms with Crippen molar-refractivity contribution in [3.05, 3.63) is 65.3 Å². The largest absolute Gasteiger partial charge is 0.508 e. The number of aromatic nitrogens is 1. The molecule has 0 radical (unpaired) electrons. The summed E-state index contributed by atoms with van der Waals surface area (Å²) < 4.78 is 17.9. The molecule has 0 aliphatic rings. The Kier molecular flexibility index (Phi) is 5.23. The van der Waals surface area contributed by atoms with Crippen molar-refractivity contribution in [2.75, 3.05) is 11.9 Å². The third kappa shape index (κ3) is 4.42. The summed E-state index contributed by atoms with van der Waals surface area (Å²) in [5.41, 5.74) is 1.55. The third-order valence-corrected chi connectivity index (χ3v) is 4.09. The minimum Gasteiger partial charge on any atom is -0.508 e. The molecule has 6 nitrogen and oxygen atoms in total. The molecule has 0 bridgehead atoms. The minimum atomic E-state index is -0.675. The van der Waals surface area contributed by atoms with Crippen LogP contribution in [-0.4, -0.2) is 28.6 Å². The van der Waals surface area contributed by atoms with Gasteiger partial charge >= 0.3 is 5.97 Å². The summed E-state index contributed by atoms with van der Waals surface area (Å²) in [5.74, 6) is -1.52. The van der Waals surface area contributed by atoms with Crippen molar-refractivity contribution < 1.29 is 23.8 Å². The van der Waals surface area contributed by atoms with E-state index in [2.05, 4.69) is 10.3 Å².